The zero-order valence-corrected chi connectivity index (χ0v) is 12.2. The van der Waals surface area contributed by atoms with E-state index in [9.17, 15) is 4.79 Å². The first-order valence-electron chi connectivity index (χ1n) is 7.17. The molecule has 1 aromatic rings. The Morgan fingerprint density at radius 1 is 1.53 bits per heavy atom. The molecule has 1 atom stereocenters. The van der Waals surface area contributed by atoms with Crippen LogP contribution in [0, 0.1) is 19.8 Å². The van der Waals surface area contributed by atoms with Crippen molar-refractivity contribution < 1.29 is 9.21 Å². The van der Waals surface area contributed by atoms with E-state index < -0.39 is 0 Å². The molecular weight excluding hydrogens is 240 g/mol. The maximum atomic E-state index is 12.1. The van der Waals surface area contributed by atoms with Crippen LogP contribution in [0.1, 0.15) is 41.6 Å². The molecule has 0 bridgehead atoms. The number of rotatable bonds is 4. The van der Waals surface area contributed by atoms with Crippen LogP contribution in [-0.4, -0.2) is 37.0 Å². The van der Waals surface area contributed by atoms with Crippen LogP contribution >= 0.6 is 0 Å². The fourth-order valence-electron chi connectivity index (χ4n) is 2.79. The summed E-state index contributed by atoms with van der Waals surface area (Å²) in [5, 5.41) is 3.04. The standard InChI is InChI=1S/C15H24N2O2/c1-4-17-7-5-6-13(10-17)9-16-15(18)14-8-11(2)19-12(14)3/h8,13H,4-7,9-10H2,1-3H3,(H,16,18)/t13-/m1/s1. The number of nitrogens with zero attached hydrogens (tertiary/aromatic N) is 1. The number of carbonyl (C=O) groups is 1. The van der Waals surface area contributed by atoms with Gasteiger partial charge in [-0.1, -0.05) is 6.92 Å². The molecule has 0 aromatic carbocycles. The number of furan rings is 1. The normalized spacial score (nSPS) is 20.5. The number of carbonyl (C=O) groups excluding carboxylic acids is 1. The van der Waals surface area contributed by atoms with Crippen LogP contribution in [0.25, 0.3) is 0 Å². The number of hydrogen-bond donors (Lipinski definition) is 1. The zero-order valence-electron chi connectivity index (χ0n) is 12.2. The fourth-order valence-corrected chi connectivity index (χ4v) is 2.79. The molecule has 2 rings (SSSR count). The Morgan fingerprint density at radius 3 is 2.95 bits per heavy atom. The third kappa shape index (κ3) is 3.60. The van der Waals surface area contributed by atoms with Crippen LogP contribution in [0.5, 0.6) is 0 Å². The average molecular weight is 264 g/mol. The van der Waals surface area contributed by atoms with Gasteiger partial charge < -0.3 is 14.6 Å². The lowest BCUT2D eigenvalue weighted by molar-refractivity contribution is 0.0932. The molecule has 0 saturated carbocycles. The molecule has 1 N–H and O–H groups in total. The smallest absolute Gasteiger partial charge is 0.254 e. The third-order valence-corrected chi connectivity index (χ3v) is 3.89. The number of nitrogens with one attached hydrogen (secondary N) is 1. The highest BCUT2D eigenvalue weighted by atomic mass is 16.3. The summed E-state index contributed by atoms with van der Waals surface area (Å²) in [7, 11) is 0. The van der Waals surface area contributed by atoms with Gasteiger partial charge in [0.05, 0.1) is 5.56 Å². The van der Waals surface area contributed by atoms with E-state index in [2.05, 4.69) is 17.1 Å². The van der Waals surface area contributed by atoms with Crippen LogP contribution in [0.15, 0.2) is 10.5 Å². The van der Waals surface area contributed by atoms with Crippen LogP contribution in [0.2, 0.25) is 0 Å². The van der Waals surface area contributed by atoms with E-state index in [4.69, 9.17) is 4.42 Å². The van der Waals surface area contributed by atoms with E-state index in [-0.39, 0.29) is 5.91 Å². The molecule has 0 spiro atoms. The molecule has 19 heavy (non-hydrogen) atoms. The molecule has 4 nitrogen and oxygen atoms in total. The van der Waals surface area contributed by atoms with Crippen molar-refractivity contribution in [1.29, 1.82) is 0 Å². The van der Waals surface area contributed by atoms with Crippen molar-refractivity contribution in [3.8, 4) is 0 Å². The van der Waals surface area contributed by atoms with Gasteiger partial charge in [-0.05, 0) is 51.8 Å². The summed E-state index contributed by atoms with van der Waals surface area (Å²) in [5.74, 6) is 2.06. The van der Waals surface area contributed by atoms with Gasteiger partial charge in [0.25, 0.3) is 5.91 Å². The number of likely N-dealkylation sites (tertiary alicyclic amines) is 1. The maximum Gasteiger partial charge on any atom is 0.254 e. The third-order valence-electron chi connectivity index (χ3n) is 3.89. The highest BCUT2D eigenvalue weighted by molar-refractivity contribution is 5.95. The Hall–Kier alpha value is -1.29. The number of piperidine rings is 1. The first-order valence-corrected chi connectivity index (χ1v) is 7.17. The molecule has 4 heteroatoms. The van der Waals surface area contributed by atoms with Crippen molar-refractivity contribution in [1.82, 2.24) is 10.2 Å². The Morgan fingerprint density at radius 2 is 2.32 bits per heavy atom. The largest absolute Gasteiger partial charge is 0.466 e. The van der Waals surface area contributed by atoms with Crippen molar-refractivity contribution in [2.24, 2.45) is 5.92 Å². The van der Waals surface area contributed by atoms with Gasteiger partial charge in [0.1, 0.15) is 11.5 Å². The van der Waals surface area contributed by atoms with Crippen molar-refractivity contribution >= 4 is 5.91 Å². The van der Waals surface area contributed by atoms with E-state index in [0.717, 1.165) is 25.4 Å². The van der Waals surface area contributed by atoms with E-state index in [1.807, 2.05) is 19.9 Å². The predicted molar refractivity (Wildman–Crippen MR) is 75.4 cm³/mol. The molecule has 1 aliphatic heterocycles. The molecule has 1 amide bonds. The van der Waals surface area contributed by atoms with E-state index >= 15 is 0 Å². The van der Waals surface area contributed by atoms with Gasteiger partial charge in [0.15, 0.2) is 0 Å². The average Bonchev–Trinajstić information content (AvgIpc) is 2.75. The highest BCUT2D eigenvalue weighted by Gasteiger charge is 2.20. The van der Waals surface area contributed by atoms with E-state index in [1.165, 1.54) is 19.4 Å². The second kappa shape index (κ2) is 6.24. The molecule has 1 aliphatic rings. The van der Waals surface area contributed by atoms with E-state index in [0.29, 0.717) is 17.2 Å². The first-order chi connectivity index (χ1) is 9.10. The van der Waals surface area contributed by atoms with Gasteiger partial charge in [-0.15, -0.1) is 0 Å². The monoisotopic (exact) mass is 264 g/mol. The van der Waals surface area contributed by atoms with Gasteiger partial charge in [-0.25, -0.2) is 0 Å². The molecule has 2 heterocycles. The summed E-state index contributed by atoms with van der Waals surface area (Å²) in [5.41, 5.74) is 0.667. The predicted octanol–water partition coefficient (Wildman–Crippen LogP) is 2.36. The topological polar surface area (TPSA) is 45.5 Å². The molecule has 1 aromatic heterocycles. The van der Waals surface area contributed by atoms with Crippen molar-refractivity contribution in [2.45, 2.75) is 33.6 Å². The summed E-state index contributed by atoms with van der Waals surface area (Å²) in [6, 6.07) is 1.81. The minimum Gasteiger partial charge on any atom is -0.466 e. The van der Waals surface area contributed by atoms with Crippen LogP contribution in [0.3, 0.4) is 0 Å². The van der Waals surface area contributed by atoms with Crippen molar-refractivity contribution in [3.63, 3.8) is 0 Å². The van der Waals surface area contributed by atoms with Crippen LogP contribution < -0.4 is 5.32 Å². The van der Waals surface area contributed by atoms with Gasteiger partial charge in [-0.3, -0.25) is 4.79 Å². The van der Waals surface area contributed by atoms with Gasteiger partial charge in [-0.2, -0.15) is 0 Å². The summed E-state index contributed by atoms with van der Waals surface area (Å²) >= 11 is 0. The quantitative estimate of drug-likeness (QED) is 0.908. The molecular formula is C15H24N2O2. The van der Waals surface area contributed by atoms with Crippen LogP contribution in [-0.2, 0) is 0 Å². The molecule has 0 aliphatic carbocycles. The van der Waals surface area contributed by atoms with Crippen molar-refractivity contribution in [2.75, 3.05) is 26.2 Å². The lowest BCUT2D eigenvalue weighted by atomic mass is 9.98. The van der Waals surface area contributed by atoms with Gasteiger partial charge in [0, 0.05) is 13.1 Å². The molecule has 0 radical (unpaired) electrons. The van der Waals surface area contributed by atoms with Crippen LogP contribution in [0.4, 0.5) is 0 Å². The Labute approximate surface area is 115 Å². The minimum atomic E-state index is -0.0111. The maximum absolute atomic E-state index is 12.1. The van der Waals surface area contributed by atoms with E-state index in [1.54, 1.807) is 0 Å². The summed E-state index contributed by atoms with van der Waals surface area (Å²) in [6.45, 7) is 10.1. The summed E-state index contributed by atoms with van der Waals surface area (Å²) in [6.07, 6.45) is 2.44. The highest BCUT2D eigenvalue weighted by Crippen LogP contribution is 2.16. The summed E-state index contributed by atoms with van der Waals surface area (Å²) in [4.78, 5) is 14.5. The molecule has 1 saturated heterocycles. The Kier molecular flexibility index (Phi) is 4.64. The number of hydrogen-bond acceptors (Lipinski definition) is 3. The fraction of sp³-hybridized carbons (Fsp3) is 0.667. The first kappa shape index (κ1) is 14.1. The molecule has 106 valence electrons. The Balaban J connectivity index is 1.85. The minimum absolute atomic E-state index is 0.0111. The second-order valence-electron chi connectivity index (χ2n) is 5.44. The Bertz CT molecular complexity index is 439. The number of aryl methyl sites for hydroxylation is 2. The summed E-state index contributed by atoms with van der Waals surface area (Å²) < 4.78 is 5.39. The van der Waals surface area contributed by atoms with Gasteiger partial charge in [0.2, 0.25) is 0 Å². The van der Waals surface area contributed by atoms with Gasteiger partial charge >= 0.3 is 0 Å². The lowest BCUT2D eigenvalue weighted by Gasteiger charge is -2.31. The second-order valence-corrected chi connectivity index (χ2v) is 5.44. The molecule has 1 fully saturated rings. The lowest BCUT2D eigenvalue weighted by Crippen LogP contribution is -2.40. The number of amides is 1. The SMILES string of the molecule is CCN1CCC[C@H](CNC(=O)c2cc(C)oc2C)C1. The zero-order chi connectivity index (χ0) is 13.8. The van der Waals surface area contributed by atoms with Crippen molar-refractivity contribution in [3.05, 3.63) is 23.2 Å². The molecule has 0 unspecified atom stereocenters.